The standard InChI is InChI=1S/C14H20N2O/c1-16(2)14(17)7-6-11-4-3-5-12-10-15-9-8-13(11)12/h3-5,15H,6-10H2,1-2H3. The van der Waals surface area contributed by atoms with Gasteiger partial charge in [0.25, 0.3) is 0 Å². The van der Waals surface area contributed by atoms with Gasteiger partial charge < -0.3 is 10.2 Å². The summed E-state index contributed by atoms with van der Waals surface area (Å²) in [4.78, 5) is 13.3. The number of benzene rings is 1. The van der Waals surface area contributed by atoms with E-state index in [1.165, 1.54) is 16.7 Å². The molecule has 1 aromatic carbocycles. The van der Waals surface area contributed by atoms with Gasteiger partial charge in [-0.1, -0.05) is 18.2 Å². The van der Waals surface area contributed by atoms with Crippen LogP contribution < -0.4 is 5.32 Å². The number of rotatable bonds is 3. The third kappa shape index (κ3) is 2.86. The smallest absolute Gasteiger partial charge is 0.222 e. The lowest BCUT2D eigenvalue weighted by molar-refractivity contribution is -0.128. The zero-order chi connectivity index (χ0) is 12.3. The highest BCUT2D eigenvalue weighted by Gasteiger charge is 2.13. The Hall–Kier alpha value is -1.35. The Balaban J connectivity index is 2.08. The van der Waals surface area contributed by atoms with Crippen molar-refractivity contribution in [3.8, 4) is 0 Å². The molecule has 1 aromatic rings. The van der Waals surface area contributed by atoms with Gasteiger partial charge in [-0.15, -0.1) is 0 Å². The molecule has 0 atom stereocenters. The first-order valence-electron chi connectivity index (χ1n) is 6.19. The topological polar surface area (TPSA) is 32.3 Å². The van der Waals surface area contributed by atoms with Crippen LogP contribution in [-0.4, -0.2) is 31.4 Å². The van der Waals surface area contributed by atoms with Crippen molar-refractivity contribution in [2.24, 2.45) is 0 Å². The zero-order valence-electron chi connectivity index (χ0n) is 10.6. The summed E-state index contributed by atoms with van der Waals surface area (Å²) < 4.78 is 0. The fraction of sp³-hybridized carbons (Fsp3) is 0.500. The molecule has 1 N–H and O–H groups in total. The SMILES string of the molecule is CN(C)C(=O)CCc1cccc2c1CCNC2. The van der Waals surface area contributed by atoms with E-state index in [4.69, 9.17) is 0 Å². The van der Waals surface area contributed by atoms with Gasteiger partial charge >= 0.3 is 0 Å². The molecule has 0 unspecified atom stereocenters. The summed E-state index contributed by atoms with van der Waals surface area (Å²) in [5.74, 6) is 0.205. The van der Waals surface area contributed by atoms with E-state index in [0.29, 0.717) is 6.42 Å². The molecule has 17 heavy (non-hydrogen) atoms. The number of carbonyl (C=O) groups is 1. The number of aryl methyl sites for hydroxylation is 1. The molecule has 1 aliphatic heterocycles. The molecule has 1 aliphatic rings. The van der Waals surface area contributed by atoms with E-state index in [1.807, 2.05) is 14.1 Å². The highest BCUT2D eigenvalue weighted by Crippen LogP contribution is 2.20. The van der Waals surface area contributed by atoms with Gasteiger partial charge in [-0.05, 0) is 36.1 Å². The summed E-state index contributed by atoms with van der Waals surface area (Å²) in [6.07, 6.45) is 2.55. The first-order valence-corrected chi connectivity index (χ1v) is 6.19. The average Bonchev–Trinajstić information content (AvgIpc) is 2.35. The molecule has 0 spiro atoms. The second kappa shape index (κ2) is 5.32. The van der Waals surface area contributed by atoms with E-state index < -0.39 is 0 Å². The second-order valence-electron chi connectivity index (χ2n) is 4.77. The van der Waals surface area contributed by atoms with Crippen LogP contribution in [0.3, 0.4) is 0 Å². The molecular formula is C14H20N2O. The average molecular weight is 232 g/mol. The largest absolute Gasteiger partial charge is 0.349 e. The minimum absolute atomic E-state index is 0.205. The minimum Gasteiger partial charge on any atom is -0.349 e. The van der Waals surface area contributed by atoms with Crippen LogP contribution in [0.4, 0.5) is 0 Å². The fourth-order valence-electron chi connectivity index (χ4n) is 2.31. The van der Waals surface area contributed by atoms with Crippen molar-refractivity contribution >= 4 is 5.91 Å². The molecule has 0 aliphatic carbocycles. The van der Waals surface area contributed by atoms with Crippen LogP contribution in [-0.2, 0) is 24.2 Å². The second-order valence-corrected chi connectivity index (χ2v) is 4.77. The summed E-state index contributed by atoms with van der Waals surface area (Å²) >= 11 is 0. The number of hydrogen-bond donors (Lipinski definition) is 1. The Morgan fingerprint density at radius 1 is 1.41 bits per heavy atom. The van der Waals surface area contributed by atoms with Crippen LogP contribution in [0.5, 0.6) is 0 Å². The predicted molar refractivity (Wildman–Crippen MR) is 68.9 cm³/mol. The van der Waals surface area contributed by atoms with E-state index in [1.54, 1.807) is 4.90 Å². The highest BCUT2D eigenvalue weighted by atomic mass is 16.2. The Morgan fingerprint density at radius 3 is 3.00 bits per heavy atom. The predicted octanol–water partition coefficient (Wildman–Crippen LogP) is 1.35. The van der Waals surface area contributed by atoms with Crippen molar-refractivity contribution < 1.29 is 4.79 Å². The Labute approximate surface area is 103 Å². The summed E-state index contributed by atoms with van der Waals surface area (Å²) in [7, 11) is 3.62. The highest BCUT2D eigenvalue weighted by molar-refractivity contribution is 5.75. The molecule has 0 radical (unpaired) electrons. The lowest BCUT2D eigenvalue weighted by Crippen LogP contribution is -2.25. The lowest BCUT2D eigenvalue weighted by atomic mass is 9.93. The summed E-state index contributed by atoms with van der Waals surface area (Å²) in [5, 5.41) is 3.38. The Bertz CT molecular complexity index is 413. The quantitative estimate of drug-likeness (QED) is 0.853. The van der Waals surface area contributed by atoms with Crippen molar-refractivity contribution in [3.05, 3.63) is 34.9 Å². The maximum atomic E-state index is 11.6. The molecule has 1 amide bonds. The van der Waals surface area contributed by atoms with Crippen LogP contribution in [0.2, 0.25) is 0 Å². The number of carbonyl (C=O) groups excluding carboxylic acids is 1. The van der Waals surface area contributed by atoms with Gasteiger partial charge in [0, 0.05) is 27.1 Å². The van der Waals surface area contributed by atoms with Crippen LogP contribution in [0, 0.1) is 0 Å². The molecule has 3 nitrogen and oxygen atoms in total. The number of nitrogens with zero attached hydrogens (tertiary/aromatic N) is 1. The number of amides is 1. The maximum Gasteiger partial charge on any atom is 0.222 e. The van der Waals surface area contributed by atoms with Crippen LogP contribution in [0.1, 0.15) is 23.1 Å². The van der Waals surface area contributed by atoms with Crippen molar-refractivity contribution in [1.29, 1.82) is 0 Å². The fourth-order valence-corrected chi connectivity index (χ4v) is 2.31. The molecule has 0 fully saturated rings. The summed E-state index contributed by atoms with van der Waals surface area (Å²) in [5.41, 5.74) is 4.20. The van der Waals surface area contributed by atoms with Gasteiger partial charge in [-0.2, -0.15) is 0 Å². The summed E-state index contributed by atoms with van der Waals surface area (Å²) in [6, 6.07) is 6.44. The van der Waals surface area contributed by atoms with Crippen LogP contribution in [0.15, 0.2) is 18.2 Å². The van der Waals surface area contributed by atoms with Crippen LogP contribution >= 0.6 is 0 Å². The van der Waals surface area contributed by atoms with Gasteiger partial charge in [-0.3, -0.25) is 4.79 Å². The van der Waals surface area contributed by atoms with Gasteiger partial charge in [0.05, 0.1) is 0 Å². The minimum atomic E-state index is 0.205. The van der Waals surface area contributed by atoms with E-state index >= 15 is 0 Å². The Morgan fingerprint density at radius 2 is 2.24 bits per heavy atom. The van der Waals surface area contributed by atoms with E-state index in [-0.39, 0.29) is 5.91 Å². The van der Waals surface area contributed by atoms with Crippen molar-refractivity contribution in [3.63, 3.8) is 0 Å². The maximum absolute atomic E-state index is 11.6. The molecule has 0 bridgehead atoms. The molecule has 2 rings (SSSR count). The number of fused-ring (bicyclic) bond motifs is 1. The van der Waals surface area contributed by atoms with Crippen molar-refractivity contribution in [1.82, 2.24) is 10.2 Å². The van der Waals surface area contributed by atoms with Gasteiger partial charge in [0.1, 0.15) is 0 Å². The monoisotopic (exact) mass is 232 g/mol. The summed E-state index contributed by atoms with van der Waals surface area (Å²) in [6.45, 7) is 2.01. The molecule has 0 saturated heterocycles. The molecule has 0 aromatic heterocycles. The molecular weight excluding hydrogens is 212 g/mol. The van der Waals surface area contributed by atoms with Crippen molar-refractivity contribution in [2.45, 2.75) is 25.8 Å². The van der Waals surface area contributed by atoms with E-state index in [0.717, 1.165) is 25.9 Å². The van der Waals surface area contributed by atoms with Crippen molar-refractivity contribution in [2.75, 3.05) is 20.6 Å². The molecule has 92 valence electrons. The van der Waals surface area contributed by atoms with Gasteiger partial charge in [0.2, 0.25) is 5.91 Å². The van der Waals surface area contributed by atoms with Crippen LogP contribution in [0.25, 0.3) is 0 Å². The third-order valence-corrected chi connectivity index (χ3v) is 3.34. The number of nitrogens with one attached hydrogen (secondary N) is 1. The first-order chi connectivity index (χ1) is 8.18. The molecule has 3 heteroatoms. The van der Waals surface area contributed by atoms with E-state index in [9.17, 15) is 4.79 Å². The normalized spacial score (nSPS) is 14.2. The first kappa shape index (κ1) is 12.1. The number of hydrogen-bond acceptors (Lipinski definition) is 2. The van der Waals surface area contributed by atoms with Gasteiger partial charge in [-0.25, -0.2) is 0 Å². The molecule has 1 heterocycles. The third-order valence-electron chi connectivity index (χ3n) is 3.34. The van der Waals surface area contributed by atoms with E-state index in [2.05, 4.69) is 23.5 Å². The van der Waals surface area contributed by atoms with Gasteiger partial charge in [0.15, 0.2) is 0 Å². The zero-order valence-corrected chi connectivity index (χ0v) is 10.6. The lowest BCUT2D eigenvalue weighted by Gasteiger charge is -2.20. The molecule has 0 saturated carbocycles. The Kier molecular flexibility index (Phi) is 3.79.